The third-order valence-electron chi connectivity index (χ3n) is 4.44. The molecule has 0 atom stereocenters. The van der Waals surface area contributed by atoms with E-state index in [2.05, 4.69) is 31.0 Å². The number of hydrogen-bond donors (Lipinski definition) is 0. The van der Waals surface area contributed by atoms with E-state index in [4.69, 9.17) is 9.47 Å². The van der Waals surface area contributed by atoms with Gasteiger partial charge in [0.15, 0.2) is 0 Å². The first-order valence-electron chi connectivity index (χ1n) is 8.75. The zero-order valence-corrected chi connectivity index (χ0v) is 16.4. The summed E-state index contributed by atoms with van der Waals surface area (Å²) in [4.78, 5) is 10.3. The minimum absolute atomic E-state index is 0.00992. The Hall–Kier alpha value is -2.96. The summed E-state index contributed by atoms with van der Waals surface area (Å²) in [5, 5.41) is 19.1. The van der Waals surface area contributed by atoms with Crippen LogP contribution in [0.5, 0.6) is 11.5 Å². The SMILES string of the molecule is CCCC(C)(C)c1cc(OC)c(/N=N/c2ccc([N+](=O)[O-])cc2)cc1OC. The van der Waals surface area contributed by atoms with E-state index < -0.39 is 4.92 Å². The molecular weight excluding hydrogens is 346 g/mol. The van der Waals surface area contributed by atoms with Gasteiger partial charge in [0, 0.05) is 23.8 Å². The number of methoxy groups -OCH3 is 2. The lowest BCUT2D eigenvalue weighted by Crippen LogP contribution is -2.18. The van der Waals surface area contributed by atoms with Gasteiger partial charge in [-0.05, 0) is 30.0 Å². The van der Waals surface area contributed by atoms with Gasteiger partial charge in [0.05, 0.1) is 24.8 Å². The van der Waals surface area contributed by atoms with Crippen molar-refractivity contribution in [3.05, 3.63) is 52.1 Å². The molecule has 0 radical (unpaired) electrons. The maximum absolute atomic E-state index is 10.7. The van der Waals surface area contributed by atoms with Gasteiger partial charge < -0.3 is 9.47 Å². The first-order valence-corrected chi connectivity index (χ1v) is 8.75. The smallest absolute Gasteiger partial charge is 0.269 e. The molecule has 2 rings (SSSR count). The zero-order chi connectivity index (χ0) is 20.0. The largest absolute Gasteiger partial charge is 0.496 e. The maximum Gasteiger partial charge on any atom is 0.269 e. The topological polar surface area (TPSA) is 86.3 Å². The molecule has 0 spiro atoms. The monoisotopic (exact) mass is 371 g/mol. The van der Waals surface area contributed by atoms with Crippen molar-refractivity contribution < 1.29 is 14.4 Å². The van der Waals surface area contributed by atoms with Crippen molar-refractivity contribution in [2.45, 2.75) is 39.0 Å². The number of nitrogens with zero attached hydrogens (tertiary/aromatic N) is 3. The Balaban J connectivity index is 2.40. The molecule has 0 aliphatic carbocycles. The number of benzene rings is 2. The molecule has 0 aliphatic heterocycles. The van der Waals surface area contributed by atoms with E-state index in [-0.39, 0.29) is 11.1 Å². The predicted octanol–water partition coefficient (Wildman–Crippen LogP) is 6.11. The molecule has 0 unspecified atom stereocenters. The van der Waals surface area contributed by atoms with Gasteiger partial charge in [0.2, 0.25) is 0 Å². The van der Waals surface area contributed by atoms with Crippen LogP contribution in [0.2, 0.25) is 0 Å². The standard InChI is InChI=1S/C20H25N3O4/c1-6-11-20(2,3)16-12-19(27-5)17(13-18(16)26-4)22-21-14-7-9-15(10-8-14)23(24)25/h7-10,12-13H,6,11H2,1-5H3/b22-21+. The van der Waals surface area contributed by atoms with Crippen molar-refractivity contribution in [2.75, 3.05) is 14.2 Å². The van der Waals surface area contributed by atoms with Crippen LogP contribution in [0.15, 0.2) is 46.6 Å². The van der Waals surface area contributed by atoms with Crippen LogP contribution >= 0.6 is 0 Å². The third kappa shape index (κ3) is 4.81. The molecule has 0 aromatic heterocycles. The summed E-state index contributed by atoms with van der Waals surface area (Å²) < 4.78 is 11.1. The van der Waals surface area contributed by atoms with Crippen LogP contribution in [0.4, 0.5) is 17.1 Å². The molecule has 0 fully saturated rings. The zero-order valence-electron chi connectivity index (χ0n) is 16.4. The number of nitro groups is 1. The van der Waals surface area contributed by atoms with E-state index in [0.717, 1.165) is 24.2 Å². The van der Waals surface area contributed by atoms with Crippen molar-refractivity contribution >= 4 is 17.1 Å². The molecular formula is C20H25N3O4. The second-order valence-corrected chi connectivity index (χ2v) is 6.83. The van der Waals surface area contributed by atoms with Gasteiger partial charge >= 0.3 is 0 Å². The number of azo groups is 1. The third-order valence-corrected chi connectivity index (χ3v) is 4.44. The highest BCUT2D eigenvalue weighted by atomic mass is 16.6. The minimum Gasteiger partial charge on any atom is -0.496 e. The molecule has 0 aliphatic rings. The lowest BCUT2D eigenvalue weighted by Gasteiger charge is -2.27. The van der Waals surface area contributed by atoms with Crippen LogP contribution < -0.4 is 9.47 Å². The average Bonchev–Trinajstić information content (AvgIpc) is 2.65. The Morgan fingerprint density at radius 1 is 1.04 bits per heavy atom. The van der Waals surface area contributed by atoms with Gasteiger partial charge in [0.25, 0.3) is 5.69 Å². The summed E-state index contributed by atoms with van der Waals surface area (Å²) in [6, 6.07) is 9.62. The summed E-state index contributed by atoms with van der Waals surface area (Å²) in [5.41, 5.74) is 2.04. The van der Waals surface area contributed by atoms with E-state index >= 15 is 0 Å². The maximum atomic E-state index is 10.7. The van der Waals surface area contributed by atoms with E-state index in [1.165, 1.54) is 12.1 Å². The molecule has 0 amide bonds. The fraction of sp³-hybridized carbons (Fsp3) is 0.400. The van der Waals surface area contributed by atoms with Crippen molar-refractivity contribution in [3.8, 4) is 11.5 Å². The predicted molar refractivity (Wildman–Crippen MR) is 105 cm³/mol. The van der Waals surface area contributed by atoms with Crippen LogP contribution in [0, 0.1) is 10.1 Å². The Kier molecular flexibility index (Phi) is 6.50. The second kappa shape index (κ2) is 8.62. The molecule has 0 saturated heterocycles. The van der Waals surface area contributed by atoms with Gasteiger partial charge in [-0.3, -0.25) is 10.1 Å². The molecule has 0 N–H and O–H groups in total. The second-order valence-electron chi connectivity index (χ2n) is 6.83. The Bertz CT molecular complexity index is 830. The summed E-state index contributed by atoms with van der Waals surface area (Å²) >= 11 is 0. The van der Waals surface area contributed by atoms with Gasteiger partial charge in [-0.2, -0.15) is 5.11 Å². The number of non-ortho nitro benzene ring substituents is 1. The molecule has 27 heavy (non-hydrogen) atoms. The number of nitro benzene ring substituents is 1. The van der Waals surface area contributed by atoms with Crippen LogP contribution in [-0.2, 0) is 5.41 Å². The molecule has 0 bridgehead atoms. The normalized spacial score (nSPS) is 11.6. The van der Waals surface area contributed by atoms with E-state index in [1.54, 1.807) is 32.4 Å². The lowest BCUT2D eigenvalue weighted by atomic mass is 9.80. The lowest BCUT2D eigenvalue weighted by molar-refractivity contribution is -0.384. The quantitative estimate of drug-likeness (QED) is 0.318. The van der Waals surface area contributed by atoms with Gasteiger partial charge in [-0.1, -0.05) is 27.2 Å². The Morgan fingerprint density at radius 3 is 2.19 bits per heavy atom. The molecule has 2 aromatic carbocycles. The van der Waals surface area contributed by atoms with Gasteiger partial charge in [0.1, 0.15) is 17.2 Å². The minimum atomic E-state index is -0.453. The van der Waals surface area contributed by atoms with Crippen molar-refractivity contribution in [3.63, 3.8) is 0 Å². The van der Waals surface area contributed by atoms with E-state index in [1.807, 2.05) is 6.07 Å². The summed E-state index contributed by atoms with van der Waals surface area (Å²) in [7, 11) is 3.22. The number of hydrogen-bond acceptors (Lipinski definition) is 6. The van der Waals surface area contributed by atoms with Crippen LogP contribution in [0.25, 0.3) is 0 Å². The van der Waals surface area contributed by atoms with Gasteiger partial charge in [-0.15, -0.1) is 5.11 Å². The summed E-state index contributed by atoms with van der Waals surface area (Å²) in [6.45, 7) is 6.50. The highest BCUT2D eigenvalue weighted by Crippen LogP contribution is 2.42. The van der Waals surface area contributed by atoms with Crippen molar-refractivity contribution in [2.24, 2.45) is 10.2 Å². The first-order chi connectivity index (χ1) is 12.8. The number of rotatable bonds is 8. The first kappa shape index (κ1) is 20.4. The van der Waals surface area contributed by atoms with Crippen LogP contribution in [-0.4, -0.2) is 19.1 Å². The van der Waals surface area contributed by atoms with E-state index in [0.29, 0.717) is 17.1 Å². The molecule has 0 saturated carbocycles. The molecule has 7 heteroatoms. The number of ether oxygens (including phenoxy) is 2. The van der Waals surface area contributed by atoms with Crippen molar-refractivity contribution in [1.82, 2.24) is 0 Å². The summed E-state index contributed by atoms with van der Waals surface area (Å²) in [6.07, 6.45) is 2.07. The van der Waals surface area contributed by atoms with E-state index in [9.17, 15) is 10.1 Å². The molecule has 2 aromatic rings. The fourth-order valence-corrected chi connectivity index (χ4v) is 3.00. The Labute approximate surface area is 159 Å². The fourth-order valence-electron chi connectivity index (χ4n) is 3.00. The highest BCUT2D eigenvalue weighted by Gasteiger charge is 2.25. The van der Waals surface area contributed by atoms with Crippen LogP contribution in [0.3, 0.4) is 0 Å². The molecule has 0 heterocycles. The highest BCUT2D eigenvalue weighted by molar-refractivity contribution is 5.60. The Morgan fingerprint density at radius 2 is 1.67 bits per heavy atom. The average molecular weight is 371 g/mol. The molecule has 7 nitrogen and oxygen atoms in total. The van der Waals surface area contributed by atoms with Gasteiger partial charge in [-0.25, -0.2) is 0 Å². The summed E-state index contributed by atoms with van der Waals surface area (Å²) in [5.74, 6) is 1.33. The molecule has 144 valence electrons. The van der Waals surface area contributed by atoms with Crippen LogP contribution in [0.1, 0.15) is 39.2 Å². The van der Waals surface area contributed by atoms with Crippen molar-refractivity contribution in [1.29, 1.82) is 0 Å².